The average Bonchev–Trinajstić information content (AvgIpc) is 3.20. The SMILES string of the molecule is Cc1nn(C)cc1C(C)NC(=O)c1ccc(COc2ccc(Br)cc2)o1. The summed E-state index contributed by atoms with van der Waals surface area (Å²) in [6.07, 6.45) is 1.90. The number of amides is 1. The summed E-state index contributed by atoms with van der Waals surface area (Å²) >= 11 is 3.38. The maximum absolute atomic E-state index is 12.4. The standard InChI is InChI=1S/C19H20BrN3O3/c1-12(17-10-23(3)22-13(17)2)21-19(24)18-9-8-16(26-18)11-25-15-6-4-14(20)5-7-15/h4-10,12H,11H2,1-3H3,(H,21,24). The highest BCUT2D eigenvalue weighted by atomic mass is 79.9. The molecule has 0 radical (unpaired) electrons. The van der Waals surface area contributed by atoms with Crippen molar-refractivity contribution in [3.63, 3.8) is 0 Å². The van der Waals surface area contributed by atoms with Crippen LogP contribution in [0.3, 0.4) is 0 Å². The first kappa shape index (κ1) is 18.3. The Labute approximate surface area is 160 Å². The summed E-state index contributed by atoms with van der Waals surface area (Å²) in [4.78, 5) is 12.4. The number of nitrogens with one attached hydrogen (secondary N) is 1. The van der Waals surface area contributed by atoms with Crippen molar-refractivity contribution in [1.82, 2.24) is 15.1 Å². The quantitative estimate of drug-likeness (QED) is 0.653. The third kappa shape index (κ3) is 4.35. The van der Waals surface area contributed by atoms with Gasteiger partial charge in [0.1, 0.15) is 18.1 Å². The Morgan fingerprint density at radius 1 is 1.31 bits per heavy atom. The molecular formula is C19H20BrN3O3. The van der Waals surface area contributed by atoms with Crippen molar-refractivity contribution in [3.8, 4) is 5.75 Å². The number of furan rings is 1. The Hall–Kier alpha value is -2.54. The summed E-state index contributed by atoms with van der Waals surface area (Å²) in [6.45, 7) is 4.09. The molecule has 1 aromatic carbocycles. The lowest BCUT2D eigenvalue weighted by Crippen LogP contribution is -2.26. The lowest BCUT2D eigenvalue weighted by molar-refractivity contribution is 0.0907. The second-order valence-electron chi connectivity index (χ2n) is 6.05. The van der Waals surface area contributed by atoms with Crippen LogP contribution in [0.5, 0.6) is 5.75 Å². The highest BCUT2D eigenvalue weighted by Crippen LogP contribution is 2.19. The van der Waals surface area contributed by atoms with E-state index in [0.29, 0.717) is 5.76 Å². The van der Waals surface area contributed by atoms with Crippen LogP contribution in [0, 0.1) is 6.92 Å². The van der Waals surface area contributed by atoms with Crippen molar-refractivity contribution >= 4 is 21.8 Å². The smallest absolute Gasteiger partial charge is 0.287 e. The lowest BCUT2D eigenvalue weighted by atomic mass is 10.1. The lowest BCUT2D eigenvalue weighted by Gasteiger charge is -2.12. The number of benzene rings is 1. The van der Waals surface area contributed by atoms with E-state index in [1.807, 2.05) is 51.4 Å². The first-order valence-corrected chi connectivity index (χ1v) is 9.00. The number of halogens is 1. The first-order chi connectivity index (χ1) is 12.4. The molecule has 0 fully saturated rings. The van der Waals surface area contributed by atoms with Crippen molar-refractivity contribution in [2.45, 2.75) is 26.5 Å². The Balaban J connectivity index is 1.59. The summed E-state index contributed by atoms with van der Waals surface area (Å²) in [5.41, 5.74) is 1.87. The van der Waals surface area contributed by atoms with Gasteiger partial charge in [0.2, 0.25) is 0 Å². The summed E-state index contributed by atoms with van der Waals surface area (Å²) in [5, 5.41) is 7.23. The van der Waals surface area contributed by atoms with E-state index >= 15 is 0 Å². The molecule has 7 heteroatoms. The number of nitrogens with zero attached hydrogens (tertiary/aromatic N) is 2. The van der Waals surface area contributed by atoms with E-state index in [1.54, 1.807) is 16.8 Å². The molecule has 0 spiro atoms. The number of carbonyl (C=O) groups excluding carboxylic acids is 1. The van der Waals surface area contributed by atoms with E-state index < -0.39 is 0 Å². The number of aryl methyl sites for hydroxylation is 2. The normalized spacial score (nSPS) is 12.0. The van der Waals surface area contributed by atoms with Crippen LogP contribution in [0.15, 0.2) is 51.5 Å². The molecule has 3 aromatic rings. The predicted octanol–water partition coefficient (Wildman–Crippen LogP) is 4.15. The molecule has 1 amide bonds. The monoisotopic (exact) mass is 417 g/mol. The molecule has 1 atom stereocenters. The molecule has 2 aromatic heterocycles. The van der Waals surface area contributed by atoms with Crippen LogP contribution in [0.1, 0.15) is 40.5 Å². The Morgan fingerprint density at radius 3 is 2.69 bits per heavy atom. The Kier molecular flexibility index (Phi) is 5.46. The van der Waals surface area contributed by atoms with Gasteiger partial charge >= 0.3 is 0 Å². The van der Waals surface area contributed by atoms with Crippen LogP contribution in [-0.4, -0.2) is 15.7 Å². The van der Waals surface area contributed by atoms with Crippen LogP contribution in [-0.2, 0) is 13.7 Å². The van der Waals surface area contributed by atoms with E-state index in [9.17, 15) is 4.79 Å². The zero-order valence-electron chi connectivity index (χ0n) is 14.8. The molecule has 6 nitrogen and oxygen atoms in total. The molecule has 0 saturated carbocycles. The number of hydrogen-bond acceptors (Lipinski definition) is 4. The number of aromatic nitrogens is 2. The molecule has 1 unspecified atom stereocenters. The van der Waals surface area contributed by atoms with Crippen molar-refractivity contribution in [3.05, 3.63) is 69.8 Å². The van der Waals surface area contributed by atoms with E-state index in [4.69, 9.17) is 9.15 Å². The van der Waals surface area contributed by atoms with Gasteiger partial charge in [-0.2, -0.15) is 5.10 Å². The van der Waals surface area contributed by atoms with Crippen LogP contribution in [0.2, 0.25) is 0 Å². The predicted molar refractivity (Wildman–Crippen MR) is 101 cm³/mol. The number of rotatable bonds is 6. The van der Waals surface area contributed by atoms with Crippen LogP contribution in [0.4, 0.5) is 0 Å². The van der Waals surface area contributed by atoms with Gasteiger partial charge in [-0.3, -0.25) is 9.48 Å². The largest absolute Gasteiger partial charge is 0.486 e. The van der Waals surface area contributed by atoms with Gasteiger partial charge in [0.15, 0.2) is 5.76 Å². The number of hydrogen-bond donors (Lipinski definition) is 1. The van der Waals surface area contributed by atoms with Gasteiger partial charge < -0.3 is 14.5 Å². The van der Waals surface area contributed by atoms with Gasteiger partial charge in [-0.15, -0.1) is 0 Å². The van der Waals surface area contributed by atoms with Gasteiger partial charge in [-0.1, -0.05) is 15.9 Å². The second kappa shape index (κ2) is 7.78. The molecule has 136 valence electrons. The van der Waals surface area contributed by atoms with Crippen molar-refractivity contribution in [1.29, 1.82) is 0 Å². The maximum atomic E-state index is 12.4. The number of carbonyl (C=O) groups is 1. The van der Waals surface area contributed by atoms with E-state index in [0.717, 1.165) is 21.5 Å². The molecular weight excluding hydrogens is 398 g/mol. The van der Waals surface area contributed by atoms with Gasteiger partial charge in [0.05, 0.1) is 11.7 Å². The zero-order valence-corrected chi connectivity index (χ0v) is 16.4. The minimum absolute atomic E-state index is 0.163. The fourth-order valence-electron chi connectivity index (χ4n) is 2.65. The fourth-order valence-corrected chi connectivity index (χ4v) is 2.92. The zero-order chi connectivity index (χ0) is 18.7. The van der Waals surface area contributed by atoms with Crippen molar-refractivity contribution in [2.75, 3.05) is 0 Å². The first-order valence-electron chi connectivity index (χ1n) is 8.20. The van der Waals surface area contributed by atoms with Crippen LogP contribution in [0.25, 0.3) is 0 Å². The van der Waals surface area contributed by atoms with Gasteiger partial charge in [0, 0.05) is 23.3 Å². The highest BCUT2D eigenvalue weighted by molar-refractivity contribution is 9.10. The van der Waals surface area contributed by atoms with E-state index in [1.165, 1.54) is 0 Å². The molecule has 26 heavy (non-hydrogen) atoms. The molecule has 0 saturated heterocycles. The van der Waals surface area contributed by atoms with Gasteiger partial charge in [0.25, 0.3) is 5.91 Å². The molecule has 0 aliphatic carbocycles. The van der Waals surface area contributed by atoms with Crippen molar-refractivity contribution < 1.29 is 13.9 Å². The molecule has 3 rings (SSSR count). The molecule has 0 aliphatic heterocycles. The maximum Gasteiger partial charge on any atom is 0.287 e. The van der Waals surface area contributed by atoms with Gasteiger partial charge in [-0.05, 0) is 50.2 Å². The number of ether oxygens (including phenoxy) is 1. The summed E-state index contributed by atoms with van der Waals surface area (Å²) < 4.78 is 14.0. The van der Waals surface area contributed by atoms with E-state index in [2.05, 4.69) is 26.3 Å². The van der Waals surface area contributed by atoms with Crippen LogP contribution < -0.4 is 10.1 Å². The Bertz CT molecular complexity index is 899. The fraction of sp³-hybridized carbons (Fsp3) is 0.263. The van der Waals surface area contributed by atoms with Gasteiger partial charge in [-0.25, -0.2) is 0 Å². The second-order valence-corrected chi connectivity index (χ2v) is 6.96. The molecule has 1 N–H and O–H groups in total. The molecule has 0 aliphatic rings. The highest BCUT2D eigenvalue weighted by Gasteiger charge is 2.18. The average molecular weight is 418 g/mol. The minimum atomic E-state index is -0.268. The Morgan fingerprint density at radius 2 is 2.04 bits per heavy atom. The topological polar surface area (TPSA) is 69.3 Å². The summed E-state index contributed by atoms with van der Waals surface area (Å²) in [6, 6.07) is 10.8. The molecule has 0 bridgehead atoms. The summed E-state index contributed by atoms with van der Waals surface area (Å²) in [7, 11) is 1.86. The van der Waals surface area contributed by atoms with Crippen LogP contribution >= 0.6 is 15.9 Å². The minimum Gasteiger partial charge on any atom is -0.486 e. The molecule has 2 heterocycles. The third-order valence-electron chi connectivity index (χ3n) is 3.95. The third-order valence-corrected chi connectivity index (χ3v) is 4.47. The summed E-state index contributed by atoms with van der Waals surface area (Å²) in [5.74, 6) is 1.31. The van der Waals surface area contributed by atoms with E-state index in [-0.39, 0.29) is 24.3 Å². The van der Waals surface area contributed by atoms with Crippen molar-refractivity contribution in [2.24, 2.45) is 7.05 Å².